The molecule has 0 saturated heterocycles. The fourth-order valence-electron chi connectivity index (χ4n) is 2.17. The summed E-state index contributed by atoms with van der Waals surface area (Å²) in [6.07, 6.45) is 1.80. The molecule has 1 aromatic heterocycles. The molecule has 0 saturated carbocycles. The largest absolute Gasteiger partial charge is 0.398 e. The Kier molecular flexibility index (Phi) is 4.23. The number of nitrogens with zero attached hydrogens (tertiary/aromatic N) is 2. The maximum absolute atomic E-state index is 13.0. The summed E-state index contributed by atoms with van der Waals surface area (Å²) in [7, 11) is 0. The van der Waals surface area contributed by atoms with Crippen molar-refractivity contribution in [2.45, 2.75) is 27.3 Å². The van der Waals surface area contributed by atoms with Gasteiger partial charge >= 0.3 is 0 Å². The van der Waals surface area contributed by atoms with Crippen molar-refractivity contribution in [3.8, 4) is 0 Å². The molecule has 4 heteroatoms. The van der Waals surface area contributed by atoms with Crippen LogP contribution in [-0.2, 0) is 6.54 Å². The lowest BCUT2D eigenvalue weighted by Crippen LogP contribution is -2.23. The number of pyridine rings is 1. The molecule has 0 unspecified atom stereocenters. The number of anilines is 2. The highest BCUT2D eigenvalue weighted by Gasteiger charge is 2.11. The summed E-state index contributed by atoms with van der Waals surface area (Å²) in [5.41, 5.74) is 10.8. The van der Waals surface area contributed by atoms with Crippen LogP contribution in [0, 0.1) is 19.7 Å². The molecule has 0 radical (unpaired) electrons. The first-order chi connectivity index (χ1) is 9.52. The second-order valence-electron chi connectivity index (χ2n) is 4.92. The van der Waals surface area contributed by atoms with E-state index in [4.69, 9.17) is 5.73 Å². The molecule has 2 aromatic rings. The van der Waals surface area contributed by atoms with E-state index in [9.17, 15) is 4.39 Å². The van der Waals surface area contributed by atoms with Crippen molar-refractivity contribution in [3.63, 3.8) is 0 Å². The Morgan fingerprint density at radius 3 is 2.45 bits per heavy atom. The second-order valence-corrected chi connectivity index (χ2v) is 4.92. The van der Waals surface area contributed by atoms with Crippen LogP contribution >= 0.6 is 0 Å². The van der Waals surface area contributed by atoms with Crippen LogP contribution in [0.2, 0.25) is 0 Å². The van der Waals surface area contributed by atoms with E-state index >= 15 is 0 Å². The molecule has 0 spiro atoms. The van der Waals surface area contributed by atoms with Gasteiger partial charge in [-0.15, -0.1) is 0 Å². The van der Waals surface area contributed by atoms with E-state index in [0.29, 0.717) is 6.54 Å². The first-order valence-corrected chi connectivity index (χ1v) is 6.74. The van der Waals surface area contributed by atoms with Gasteiger partial charge in [0.25, 0.3) is 0 Å². The van der Waals surface area contributed by atoms with Crippen molar-refractivity contribution >= 4 is 11.4 Å². The molecule has 106 valence electrons. The number of aromatic nitrogens is 1. The summed E-state index contributed by atoms with van der Waals surface area (Å²) in [6.45, 7) is 7.50. The molecule has 0 bridgehead atoms. The molecular formula is C16H20FN3. The molecule has 2 N–H and O–H groups in total. The van der Waals surface area contributed by atoms with Crippen molar-refractivity contribution in [1.29, 1.82) is 0 Å². The Labute approximate surface area is 119 Å². The number of nitrogen functional groups attached to an aromatic ring is 1. The molecule has 0 aliphatic rings. The van der Waals surface area contributed by atoms with Crippen LogP contribution in [0.3, 0.4) is 0 Å². The van der Waals surface area contributed by atoms with Crippen LogP contribution < -0.4 is 10.6 Å². The molecule has 1 heterocycles. The first kappa shape index (κ1) is 14.3. The number of benzene rings is 1. The van der Waals surface area contributed by atoms with E-state index in [1.807, 2.05) is 13.8 Å². The van der Waals surface area contributed by atoms with Gasteiger partial charge in [-0.25, -0.2) is 4.39 Å². The van der Waals surface area contributed by atoms with Crippen molar-refractivity contribution in [3.05, 3.63) is 53.1 Å². The molecule has 20 heavy (non-hydrogen) atoms. The van der Waals surface area contributed by atoms with E-state index in [-0.39, 0.29) is 5.82 Å². The van der Waals surface area contributed by atoms with E-state index in [0.717, 1.165) is 34.7 Å². The van der Waals surface area contributed by atoms with Crippen LogP contribution in [0.4, 0.5) is 15.8 Å². The zero-order valence-corrected chi connectivity index (χ0v) is 12.2. The van der Waals surface area contributed by atoms with Crippen LogP contribution in [0.15, 0.2) is 30.5 Å². The highest BCUT2D eigenvalue weighted by atomic mass is 19.1. The molecule has 0 atom stereocenters. The third-order valence-electron chi connectivity index (χ3n) is 3.59. The average Bonchev–Trinajstić information content (AvgIpc) is 2.45. The average molecular weight is 273 g/mol. The fraction of sp³-hybridized carbons (Fsp3) is 0.312. The van der Waals surface area contributed by atoms with E-state index in [1.165, 1.54) is 12.1 Å². The monoisotopic (exact) mass is 273 g/mol. The summed E-state index contributed by atoms with van der Waals surface area (Å²) in [4.78, 5) is 6.62. The van der Waals surface area contributed by atoms with Crippen molar-refractivity contribution in [1.82, 2.24) is 4.98 Å². The van der Waals surface area contributed by atoms with Gasteiger partial charge in [0.15, 0.2) is 0 Å². The Morgan fingerprint density at radius 2 is 1.85 bits per heavy atom. The highest BCUT2D eigenvalue weighted by molar-refractivity contribution is 5.54. The minimum atomic E-state index is -0.223. The predicted octanol–water partition coefficient (Wildman–Crippen LogP) is 3.45. The SMILES string of the molecule is CCN(Cc1ncc(C)c(N)c1C)c1ccc(F)cc1. The number of hydrogen-bond acceptors (Lipinski definition) is 3. The van der Waals surface area contributed by atoms with Crippen molar-refractivity contribution in [2.24, 2.45) is 0 Å². The number of aryl methyl sites for hydroxylation is 1. The first-order valence-electron chi connectivity index (χ1n) is 6.74. The van der Waals surface area contributed by atoms with E-state index in [2.05, 4.69) is 16.8 Å². The van der Waals surface area contributed by atoms with E-state index in [1.54, 1.807) is 18.3 Å². The van der Waals surface area contributed by atoms with Gasteiger partial charge in [-0.05, 0) is 56.2 Å². The molecule has 0 amide bonds. The lowest BCUT2D eigenvalue weighted by molar-refractivity contribution is 0.627. The quantitative estimate of drug-likeness (QED) is 0.927. The summed E-state index contributed by atoms with van der Waals surface area (Å²) in [6, 6.07) is 6.51. The fourth-order valence-corrected chi connectivity index (χ4v) is 2.17. The van der Waals surface area contributed by atoms with Gasteiger partial charge in [0.05, 0.1) is 12.2 Å². The number of halogens is 1. The topological polar surface area (TPSA) is 42.2 Å². The van der Waals surface area contributed by atoms with Crippen molar-refractivity contribution < 1.29 is 4.39 Å². The van der Waals surface area contributed by atoms with Gasteiger partial charge in [0.2, 0.25) is 0 Å². The molecule has 0 aliphatic carbocycles. The lowest BCUT2D eigenvalue weighted by Gasteiger charge is -2.24. The summed E-state index contributed by atoms with van der Waals surface area (Å²) < 4.78 is 13.0. The molecule has 2 rings (SSSR count). The maximum Gasteiger partial charge on any atom is 0.123 e. The Balaban J connectivity index is 2.27. The van der Waals surface area contributed by atoms with Gasteiger partial charge in [-0.2, -0.15) is 0 Å². The van der Waals surface area contributed by atoms with Crippen LogP contribution in [0.5, 0.6) is 0 Å². The number of rotatable bonds is 4. The molecule has 0 fully saturated rings. The van der Waals surface area contributed by atoms with Gasteiger partial charge < -0.3 is 10.6 Å². The van der Waals surface area contributed by atoms with Gasteiger partial charge in [-0.1, -0.05) is 0 Å². The lowest BCUT2D eigenvalue weighted by atomic mass is 10.1. The van der Waals surface area contributed by atoms with Gasteiger partial charge in [0.1, 0.15) is 5.82 Å². The third kappa shape index (κ3) is 2.90. The van der Waals surface area contributed by atoms with Gasteiger partial charge in [0, 0.05) is 24.1 Å². The third-order valence-corrected chi connectivity index (χ3v) is 3.59. The van der Waals surface area contributed by atoms with Crippen LogP contribution in [0.25, 0.3) is 0 Å². The minimum Gasteiger partial charge on any atom is -0.398 e. The Hall–Kier alpha value is -2.10. The van der Waals surface area contributed by atoms with E-state index < -0.39 is 0 Å². The Morgan fingerprint density at radius 1 is 1.20 bits per heavy atom. The summed E-state index contributed by atoms with van der Waals surface area (Å²) >= 11 is 0. The molecule has 3 nitrogen and oxygen atoms in total. The Bertz CT molecular complexity index is 593. The van der Waals surface area contributed by atoms with Crippen LogP contribution in [-0.4, -0.2) is 11.5 Å². The van der Waals surface area contributed by atoms with Crippen molar-refractivity contribution in [2.75, 3.05) is 17.2 Å². The number of hydrogen-bond donors (Lipinski definition) is 1. The maximum atomic E-state index is 13.0. The summed E-state index contributed by atoms with van der Waals surface area (Å²) in [5.74, 6) is -0.223. The standard InChI is InChI=1S/C16H20FN3/c1-4-20(14-7-5-13(17)6-8-14)10-15-12(3)16(18)11(2)9-19-15/h5-9H,4,10H2,1-3H3,(H2,18,19). The summed E-state index contributed by atoms with van der Waals surface area (Å²) in [5, 5.41) is 0. The molecule has 0 aliphatic heterocycles. The zero-order chi connectivity index (χ0) is 14.7. The molecular weight excluding hydrogens is 253 g/mol. The van der Waals surface area contributed by atoms with Gasteiger partial charge in [-0.3, -0.25) is 4.98 Å². The normalized spacial score (nSPS) is 10.6. The predicted molar refractivity (Wildman–Crippen MR) is 81.2 cm³/mol. The smallest absolute Gasteiger partial charge is 0.123 e. The number of nitrogens with two attached hydrogens (primary N) is 1. The molecule has 1 aromatic carbocycles. The highest BCUT2D eigenvalue weighted by Crippen LogP contribution is 2.22. The second kappa shape index (κ2) is 5.90. The minimum absolute atomic E-state index is 0.223. The zero-order valence-electron chi connectivity index (χ0n) is 12.2. The van der Waals surface area contributed by atoms with Crippen LogP contribution in [0.1, 0.15) is 23.7 Å².